The number of rotatable bonds is 4. The summed E-state index contributed by atoms with van der Waals surface area (Å²) >= 11 is 0. The number of benzene rings is 1. The molecule has 146 valence electrons. The van der Waals surface area contributed by atoms with Crippen LogP contribution in [0.3, 0.4) is 0 Å². The number of pyridine rings is 1. The number of ether oxygens (including phenoxy) is 1. The van der Waals surface area contributed by atoms with Gasteiger partial charge in [-0.1, -0.05) is 0 Å². The fourth-order valence-corrected chi connectivity index (χ4v) is 4.39. The van der Waals surface area contributed by atoms with Crippen LogP contribution in [-0.2, 0) is 16.2 Å². The van der Waals surface area contributed by atoms with Crippen molar-refractivity contribution in [2.45, 2.75) is 11.1 Å². The minimum Gasteiger partial charge on any atom is -0.497 e. The van der Waals surface area contributed by atoms with E-state index >= 15 is 0 Å². The number of nitrogens with one attached hydrogen (secondary N) is 1. The second-order valence-electron chi connectivity index (χ2n) is 6.00. The fourth-order valence-electron chi connectivity index (χ4n) is 2.97. The Balaban J connectivity index is 1.75. The summed E-state index contributed by atoms with van der Waals surface area (Å²) in [6.07, 6.45) is -3.07. The third kappa shape index (κ3) is 4.01. The van der Waals surface area contributed by atoms with Crippen molar-refractivity contribution in [2.24, 2.45) is 0 Å². The van der Waals surface area contributed by atoms with Crippen LogP contribution < -0.4 is 14.6 Å². The number of aromatic nitrogens is 1. The van der Waals surface area contributed by atoms with Gasteiger partial charge in [-0.15, -0.1) is 0 Å². The van der Waals surface area contributed by atoms with Gasteiger partial charge < -0.3 is 4.74 Å². The third-order valence-corrected chi connectivity index (χ3v) is 6.30. The molecule has 0 atom stereocenters. The summed E-state index contributed by atoms with van der Waals surface area (Å²) in [5.41, 5.74) is -0.767. The SMILES string of the molecule is COc1ccc(S(=O)(=O)N2CCN(c3[nH+]cccc3C(F)(F)F)CC2)cc1. The van der Waals surface area contributed by atoms with Gasteiger partial charge >= 0.3 is 6.18 Å². The number of hydrogen-bond donors (Lipinski definition) is 0. The number of halogens is 3. The molecule has 1 aromatic heterocycles. The Morgan fingerprint density at radius 1 is 1.04 bits per heavy atom. The van der Waals surface area contributed by atoms with Crippen molar-refractivity contribution in [3.8, 4) is 5.75 Å². The predicted molar refractivity (Wildman–Crippen MR) is 92.0 cm³/mol. The lowest BCUT2D eigenvalue weighted by Crippen LogP contribution is -2.50. The summed E-state index contributed by atoms with van der Waals surface area (Å²) < 4.78 is 71.3. The topological polar surface area (TPSA) is 64.0 Å². The quantitative estimate of drug-likeness (QED) is 0.785. The van der Waals surface area contributed by atoms with Crippen molar-refractivity contribution in [1.29, 1.82) is 0 Å². The van der Waals surface area contributed by atoms with Gasteiger partial charge in [0.05, 0.1) is 44.4 Å². The molecule has 0 amide bonds. The van der Waals surface area contributed by atoms with Crippen LogP contribution in [-0.4, -0.2) is 46.0 Å². The van der Waals surface area contributed by atoms with Crippen molar-refractivity contribution in [2.75, 3.05) is 38.2 Å². The van der Waals surface area contributed by atoms with Gasteiger partial charge in [0.1, 0.15) is 11.3 Å². The molecule has 27 heavy (non-hydrogen) atoms. The smallest absolute Gasteiger partial charge is 0.424 e. The molecular weight excluding hydrogens is 383 g/mol. The second-order valence-corrected chi connectivity index (χ2v) is 7.93. The molecule has 3 rings (SSSR count). The normalized spacial score (nSPS) is 16.4. The Hall–Kier alpha value is -2.33. The highest BCUT2D eigenvalue weighted by atomic mass is 32.2. The van der Waals surface area contributed by atoms with E-state index in [1.807, 2.05) is 0 Å². The first kappa shape index (κ1) is 19.4. The molecule has 0 bridgehead atoms. The van der Waals surface area contributed by atoms with Gasteiger partial charge in [0.25, 0.3) is 5.82 Å². The summed E-state index contributed by atoms with van der Waals surface area (Å²) in [7, 11) is -2.23. The first-order valence-electron chi connectivity index (χ1n) is 8.20. The van der Waals surface area contributed by atoms with E-state index < -0.39 is 21.8 Å². The molecule has 1 aliphatic rings. The predicted octanol–water partition coefficient (Wildman–Crippen LogP) is 2.04. The van der Waals surface area contributed by atoms with Crippen LogP contribution in [0.2, 0.25) is 0 Å². The van der Waals surface area contributed by atoms with E-state index in [0.717, 1.165) is 6.07 Å². The Bertz CT molecular complexity index is 894. The molecule has 2 aromatic rings. The van der Waals surface area contributed by atoms with Crippen LogP contribution >= 0.6 is 0 Å². The number of alkyl halides is 3. The number of H-pyrrole nitrogens is 1. The zero-order valence-corrected chi connectivity index (χ0v) is 15.3. The first-order valence-corrected chi connectivity index (χ1v) is 9.64. The molecule has 1 aliphatic heterocycles. The lowest BCUT2D eigenvalue weighted by atomic mass is 10.2. The van der Waals surface area contributed by atoms with Gasteiger partial charge in [-0.2, -0.15) is 17.5 Å². The van der Waals surface area contributed by atoms with Crippen molar-refractivity contribution < 1.29 is 31.3 Å². The minimum absolute atomic E-state index is 0.0495. The van der Waals surface area contributed by atoms with Gasteiger partial charge in [0, 0.05) is 0 Å². The zero-order valence-electron chi connectivity index (χ0n) is 14.5. The van der Waals surface area contributed by atoms with Crippen LogP contribution in [0.15, 0.2) is 47.5 Å². The van der Waals surface area contributed by atoms with E-state index in [0.29, 0.717) is 5.75 Å². The molecule has 0 saturated carbocycles. The number of methoxy groups -OCH3 is 1. The van der Waals surface area contributed by atoms with E-state index in [4.69, 9.17) is 4.74 Å². The maximum atomic E-state index is 13.2. The number of aromatic amines is 1. The fraction of sp³-hybridized carbons (Fsp3) is 0.353. The molecule has 6 nitrogen and oxygen atoms in total. The zero-order chi connectivity index (χ0) is 19.7. The highest BCUT2D eigenvalue weighted by Crippen LogP contribution is 2.34. The van der Waals surface area contributed by atoms with Crippen LogP contribution in [0.1, 0.15) is 5.56 Å². The molecule has 0 aliphatic carbocycles. The number of sulfonamides is 1. The Kier molecular flexibility index (Phi) is 5.29. The van der Waals surface area contributed by atoms with E-state index in [9.17, 15) is 21.6 Å². The average molecular weight is 402 g/mol. The monoisotopic (exact) mass is 402 g/mol. The minimum atomic E-state index is -4.49. The van der Waals surface area contributed by atoms with Crippen molar-refractivity contribution in [3.05, 3.63) is 48.2 Å². The van der Waals surface area contributed by atoms with E-state index in [-0.39, 0.29) is 36.9 Å². The highest BCUT2D eigenvalue weighted by Gasteiger charge is 2.40. The third-order valence-electron chi connectivity index (χ3n) is 4.39. The average Bonchev–Trinajstić information content (AvgIpc) is 2.67. The number of nitrogens with zero attached hydrogens (tertiary/aromatic N) is 2. The molecule has 0 unspecified atom stereocenters. The van der Waals surface area contributed by atoms with Gasteiger partial charge in [0.2, 0.25) is 10.0 Å². The second kappa shape index (κ2) is 7.35. The maximum Gasteiger partial charge on any atom is 0.424 e. The molecule has 1 fully saturated rings. The van der Waals surface area contributed by atoms with Gasteiger partial charge in [-0.05, 0) is 36.4 Å². The van der Waals surface area contributed by atoms with Gasteiger partial charge in [0.15, 0.2) is 0 Å². The van der Waals surface area contributed by atoms with Crippen molar-refractivity contribution in [3.63, 3.8) is 0 Å². The molecule has 1 N–H and O–H groups in total. The standard InChI is InChI=1S/C17H18F3N3O3S/c1-26-13-4-6-14(7-5-13)27(24,25)23-11-9-22(10-12-23)16-15(17(18,19)20)3-2-8-21-16/h2-8H,9-12H2,1H3/p+1. The van der Waals surface area contributed by atoms with Crippen LogP contribution in [0.25, 0.3) is 0 Å². The summed E-state index contributed by atoms with van der Waals surface area (Å²) in [6, 6.07) is 8.30. The summed E-state index contributed by atoms with van der Waals surface area (Å²) in [6.45, 7) is 0.487. The van der Waals surface area contributed by atoms with Crippen molar-refractivity contribution in [1.82, 2.24) is 4.31 Å². The van der Waals surface area contributed by atoms with E-state index in [2.05, 4.69) is 4.98 Å². The van der Waals surface area contributed by atoms with E-state index in [1.165, 1.54) is 40.7 Å². The van der Waals surface area contributed by atoms with Crippen LogP contribution in [0, 0.1) is 0 Å². The molecule has 0 radical (unpaired) electrons. The van der Waals surface area contributed by atoms with Gasteiger partial charge in [-0.25, -0.2) is 13.4 Å². The number of piperazine rings is 1. The molecule has 1 saturated heterocycles. The van der Waals surface area contributed by atoms with Crippen molar-refractivity contribution >= 4 is 15.8 Å². The molecular formula is C17H19F3N3O3S+. The lowest BCUT2D eigenvalue weighted by molar-refractivity contribution is -0.367. The van der Waals surface area contributed by atoms with Crippen LogP contribution in [0.5, 0.6) is 5.75 Å². The van der Waals surface area contributed by atoms with Gasteiger partial charge in [-0.3, -0.25) is 4.90 Å². The molecule has 1 aromatic carbocycles. The first-order chi connectivity index (χ1) is 12.7. The summed E-state index contributed by atoms with van der Waals surface area (Å²) in [5, 5.41) is 0. The molecule has 0 spiro atoms. The molecule has 10 heteroatoms. The summed E-state index contributed by atoms with van der Waals surface area (Å²) in [4.78, 5) is 4.28. The molecule has 2 heterocycles. The number of hydrogen-bond acceptors (Lipinski definition) is 4. The lowest BCUT2D eigenvalue weighted by Gasteiger charge is -2.31. The number of anilines is 1. The maximum absolute atomic E-state index is 13.2. The Labute approximate surface area is 155 Å². The largest absolute Gasteiger partial charge is 0.497 e. The Morgan fingerprint density at radius 3 is 2.22 bits per heavy atom. The van der Waals surface area contributed by atoms with Crippen LogP contribution in [0.4, 0.5) is 19.0 Å². The summed E-state index contributed by atoms with van der Waals surface area (Å²) in [5.74, 6) is 0.490. The Morgan fingerprint density at radius 2 is 1.67 bits per heavy atom. The highest BCUT2D eigenvalue weighted by molar-refractivity contribution is 7.89. The van der Waals surface area contributed by atoms with E-state index in [1.54, 1.807) is 12.1 Å².